The fourth-order valence-electron chi connectivity index (χ4n) is 3.78. The largest absolute Gasteiger partial charge is 0.339 e. The predicted molar refractivity (Wildman–Crippen MR) is 110 cm³/mol. The summed E-state index contributed by atoms with van der Waals surface area (Å²) >= 11 is 0. The zero-order valence-corrected chi connectivity index (χ0v) is 16.9. The first-order valence-corrected chi connectivity index (χ1v) is 11.1. The lowest BCUT2D eigenvalue weighted by atomic mass is 9.98. The van der Waals surface area contributed by atoms with E-state index in [4.69, 9.17) is 4.52 Å². The second-order valence-corrected chi connectivity index (χ2v) is 9.11. The summed E-state index contributed by atoms with van der Waals surface area (Å²) in [4.78, 5) is 13.1. The van der Waals surface area contributed by atoms with Crippen molar-refractivity contribution in [2.45, 2.75) is 23.7 Å². The van der Waals surface area contributed by atoms with E-state index in [0.29, 0.717) is 43.2 Å². The summed E-state index contributed by atoms with van der Waals surface area (Å²) in [6, 6.07) is 12.6. The smallest absolute Gasteiger partial charge is 0.245 e. The highest BCUT2D eigenvalue weighted by atomic mass is 32.2. The van der Waals surface area contributed by atoms with Crippen molar-refractivity contribution in [3.05, 3.63) is 66.9 Å². The quantitative estimate of drug-likeness (QED) is 0.498. The van der Waals surface area contributed by atoms with Gasteiger partial charge in [0.15, 0.2) is 0 Å². The maximum atomic E-state index is 13.3. The third-order valence-corrected chi connectivity index (χ3v) is 7.31. The Balaban J connectivity index is 1.34. The standard InChI is InChI=1S/C21H19N5O3S/c27-30(28,18-7-1-4-15-5-3-11-23-19(15)18)26-12-8-16(9-13-26)21-24-20(25-29-21)17-6-2-10-22-14-17/h1-7,10-11,14,16H,8-9,12-13H2. The lowest BCUT2D eigenvalue weighted by Crippen LogP contribution is -2.38. The van der Waals surface area contributed by atoms with Crippen LogP contribution in [0.4, 0.5) is 0 Å². The second kappa shape index (κ2) is 7.58. The van der Waals surface area contributed by atoms with Gasteiger partial charge in [0, 0.05) is 48.5 Å². The number of hydrogen-bond donors (Lipinski definition) is 0. The molecule has 0 unspecified atom stereocenters. The van der Waals surface area contributed by atoms with Crippen LogP contribution in [0.15, 0.2) is 70.5 Å². The first kappa shape index (κ1) is 18.8. The van der Waals surface area contributed by atoms with Crippen molar-refractivity contribution in [2.75, 3.05) is 13.1 Å². The van der Waals surface area contributed by atoms with E-state index < -0.39 is 10.0 Å². The van der Waals surface area contributed by atoms with Crippen molar-refractivity contribution in [2.24, 2.45) is 0 Å². The Morgan fingerprint density at radius 3 is 2.60 bits per heavy atom. The number of piperidine rings is 1. The summed E-state index contributed by atoms with van der Waals surface area (Å²) in [7, 11) is -3.64. The molecular weight excluding hydrogens is 402 g/mol. The molecule has 0 radical (unpaired) electrons. The van der Waals surface area contributed by atoms with Crippen molar-refractivity contribution < 1.29 is 12.9 Å². The van der Waals surface area contributed by atoms with E-state index in [9.17, 15) is 8.42 Å². The SMILES string of the molecule is O=S(=O)(c1cccc2cccnc12)N1CCC(c2nc(-c3cccnc3)no2)CC1. The van der Waals surface area contributed by atoms with Crippen LogP contribution in [0.5, 0.6) is 0 Å². The molecule has 152 valence electrons. The summed E-state index contributed by atoms with van der Waals surface area (Å²) in [5.74, 6) is 1.06. The zero-order valence-electron chi connectivity index (χ0n) is 16.0. The molecule has 0 saturated carbocycles. The topological polar surface area (TPSA) is 102 Å². The van der Waals surface area contributed by atoms with Crippen LogP contribution in [0, 0.1) is 0 Å². The number of aromatic nitrogens is 4. The van der Waals surface area contributed by atoms with Crippen LogP contribution in [0.3, 0.4) is 0 Å². The molecule has 4 aromatic rings. The Kier molecular flexibility index (Phi) is 4.76. The summed E-state index contributed by atoms with van der Waals surface area (Å²) in [5.41, 5.74) is 1.29. The van der Waals surface area contributed by atoms with Crippen LogP contribution in [-0.2, 0) is 10.0 Å². The molecule has 4 heterocycles. The maximum absolute atomic E-state index is 13.3. The number of benzene rings is 1. The van der Waals surface area contributed by atoms with Crippen molar-refractivity contribution >= 4 is 20.9 Å². The summed E-state index contributed by atoms with van der Waals surface area (Å²) < 4.78 is 33.5. The normalized spacial score (nSPS) is 16.1. The highest BCUT2D eigenvalue weighted by Crippen LogP contribution is 2.32. The average Bonchev–Trinajstić information content (AvgIpc) is 3.30. The Labute approximate surface area is 173 Å². The van der Waals surface area contributed by atoms with E-state index in [-0.39, 0.29) is 10.8 Å². The molecule has 1 fully saturated rings. The van der Waals surface area contributed by atoms with Gasteiger partial charge >= 0.3 is 0 Å². The van der Waals surface area contributed by atoms with Gasteiger partial charge in [-0.25, -0.2) is 8.42 Å². The summed E-state index contributed by atoms with van der Waals surface area (Å²) in [6.07, 6.45) is 6.22. The van der Waals surface area contributed by atoms with E-state index in [0.717, 1.165) is 10.9 Å². The minimum Gasteiger partial charge on any atom is -0.339 e. The van der Waals surface area contributed by atoms with Crippen LogP contribution in [0.25, 0.3) is 22.3 Å². The van der Waals surface area contributed by atoms with Gasteiger partial charge in [0.1, 0.15) is 4.90 Å². The number of hydrogen-bond acceptors (Lipinski definition) is 7. The molecule has 0 bridgehead atoms. The predicted octanol–water partition coefficient (Wildman–Crippen LogP) is 3.25. The average molecular weight is 421 g/mol. The monoisotopic (exact) mass is 421 g/mol. The van der Waals surface area contributed by atoms with Gasteiger partial charge in [0.05, 0.1) is 5.52 Å². The van der Waals surface area contributed by atoms with Crippen molar-refractivity contribution in [1.82, 2.24) is 24.4 Å². The van der Waals surface area contributed by atoms with Crippen LogP contribution >= 0.6 is 0 Å². The number of pyridine rings is 2. The molecule has 1 aliphatic heterocycles. The maximum Gasteiger partial charge on any atom is 0.245 e. The summed E-state index contributed by atoms with van der Waals surface area (Å²) in [5, 5.41) is 4.85. The molecule has 0 aliphatic carbocycles. The fourth-order valence-corrected chi connectivity index (χ4v) is 5.42. The highest BCUT2D eigenvalue weighted by Gasteiger charge is 2.33. The molecule has 3 aromatic heterocycles. The highest BCUT2D eigenvalue weighted by molar-refractivity contribution is 7.89. The van der Waals surface area contributed by atoms with Gasteiger partial charge in [-0.05, 0) is 37.1 Å². The fraction of sp³-hybridized carbons (Fsp3) is 0.238. The van der Waals surface area contributed by atoms with E-state index in [2.05, 4.69) is 20.1 Å². The van der Waals surface area contributed by atoms with Crippen LogP contribution in [0.1, 0.15) is 24.7 Å². The van der Waals surface area contributed by atoms with Gasteiger partial charge in [-0.3, -0.25) is 9.97 Å². The molecule has 0 N–H and O–H groups in total. The Morgan fingerprint density at radius 1 is 1.00 bits per heavy atom. The molecule has 5 rings (SSSR count). The number of nitrogens with zero attached hydrogens (tertiary/aromatic N) is 5. The molecule has 30 heavy (non-hydrogen) atoms. The van der Waals surface area contributed by atoms with E-state index in [1.165, 1.54) is 4.31 Å². The van der Waals surface area contributed by atoms with Crippen LogP contribution < -0.4 is 0 Å². The molecule has 9 heteroatoms. The molecule has 0 amide bonds. The van der Waals surface area contributed by atoms with Gasteiger partial charge < -0.3 is 4.52 Å². The first-order chi connectivity index (χ1) is 14.6. The first-order valence-electron chi connectivity index (χ1n) is 9.71. The third-order valence-electron chi connectivity index (χ3n) is 5.38. The lowest BCUT2D eigenvalue weighted by molar-refractivity contribution is 0.271. The number of para-hydroxylation sites is 1. The molecule has 1 aliphatic rings. The second-order valence-electron chi connectivity index (χ2n) is 7.21. The molecule has 0 atom stereocenters. The van der Waals surface area contributed by atoms with E-state index >= 15 is 0 Å². The minimum atomic E-state index is -3.64. The third kappa shape index (κ3) is 3.35. The van der Waals surface area contributed by atoms with Crippen molar-refractivity contribution in [3.63, 3.8) is 0 Å². The molecule has 1 aromatic carbocycles. The number of sulfonamides is 1. The van der Waals surface area contributed by atoms with E-state index in [1.54, 1.807) is 36.8 Å². The number of fused-ring (bicyclic) bond motifs is 1. The molecular formula is C21H19N5O3S. The Hall–Kier alpha value is -3.17. The minimum absolute atomic E-state index is 0.0278. The summed E-state index contributed by atoms with van der Waals surface area (Å²) in [6.45, 7) is 0.779. The Morgan fingerprint density at radius 2 is 1.80 bits per heavy atom. The molecule has 0 spiro atoms. The van der Waals surface area contributed by atoms with Gasteiger partial charge in [0.2, 0.25) is 21.7 Å². The lowest BCUT2D eigenvalue weighted by Gasteiger charge is -2.29. The van der Waals surface area contributed by atoms with Gasteiger partial charge in [-0.1, -0.05) is 23.4 Å². The van der Waals surface area contributed by atoms with Crippen molar-refractivity contribution in [1.29, 1.82) is 0 Å². The van der Waals surface area contributed by atoms with Crippen LogP contribution in [0.2, 0.25) is 0 Å². The van der Waals surface area contributed by atoms with E-state index in [1.807, 2.05) is 24.3 Å². The van der Waals surface area contributed by atoms with Gasteiger partial charge in [-0.15, -0.1) is 0 Å². The van der Waals surface area contributed by atoms with Crippen LogP contribution in [-0.4, -0.2) is 45.9 Å². The molecule has 1 saturated heterocycles. The van der Waals surface area contributed by atoms with Gasteiger partial charge in [-0.2, -0.15) is 9.29 Å². The van der Waals surface area contributed by atoms with Crippen molar-refractivity contribution in [3.8, 4) is 11.4 Å². The number of rotatable bonds is 4. The van der Waals surface area contributed by atoms with Gasteiger partial charge in [0.25, 0.3) is 0 Å². The zero-order chi connectivity index (χ0) is 20.6. The molecule has 8 nitrogen and oxygen atoms in total. The Bertz CT molecular complexity index is 1280.